The second kappa shape index (κ2) is 9.47. The molecule has 21 heavy (non-hydrogen) atoms. The van der Waals surface area contributed by atoms with Crippen LogP contribution in [0.4, 0.5) is 10.5 Å². The molecule has 0 unspecified atom stereocenters. The number of amides is 2. The van der Waals surface area contributed by atoms with E-state index in [1.54, 1.807) is 25.3 Å². The van der Waals surface area contributed by atoms with Crippen LogP contribution in [-0.2, 0) is 4.74 Å². The van der Waals surface area contributed by atoms with Gasteiger partial charge in [0.1, 0.15) is 5.75 Å². The second-order valence-electron chi connectivity index (χ2n) is 5.05. The van der Waals surface area contributed by atoms with E-state index in [-0.39, 0.29) is 6.03 Å². The molecule has 2 amide bonds. The summed E-state index contributed by atoms with van der Waals surface area (Å²) in [5.74, 6) is 1.09. The second-order valence-corrected chi connectivity index (χ2v) is 5.48. The smallest absolute Gasteiger partial charge is 0.319 e. The van der Waals surface area contributed by atoms with Gasteiger partial charge in [-0.1, -0.05) is 25.4 Å². The van der Waals surface area contributed by atoms with E-state index in [9.17, 15) is 4.79 Å². The molecule has 1 aromatic rings. The summed E-state index contributed by atoms with van der Waals surface area (Å²) in [6.45, 7) is 6.13. The Morgan fingerprint density at radius 3 is 2.81 bits per heavy atom. The van der Waals surface area contributed by atoms with E-state index in [0.717, 1.165) is 13.0 Å². The van der Waals surface area contributed by atoms with Crippen molar-refractivity contribution >= 4 is 23.3 Å². The maximum Gasteiger partial charge on any atom is 0.319 e. The fourth-order valence-corrected chi connectivity index (χ4v) is 1.81. The summed E-state index contributed by atoms with van der Waals surface area (Å²) in [7, 11) is 1.54. The predicted octanol–water partition coefficient (Wildman–Crippen LogP) is 3.53. The van der Waals surface area contributed by atoms with Crippen molar-refractivity contribution in [2.45, 2.75) is 20.3 Å². The maximum atomic E-state index is 11.8. The standard InChI is InChI=1S/C15H23ClN2O3/c1-11(2)10-21-8-4-7-17-15(19)18-13-9-12(16)5-6-14(13)20-3/h5-6,9,11H,4,7-8,10H2,1-3H3,(H2,17,18,19). The summed E-state index contributed by atoms with van der Waals surface area (Å²) in [4.78, 5) is 11.8. The first kappa shape index (κ1) is 17.6. The molecule has 0 saturated carbocycles. The van der Waals surface area contributed by atoms with Gasteiger partial charge in [0.2, 0.25) is 0 Å². The SMILES string of the molecule is COc1ccc(Cl)cc1NC(=O)NCCCOCC(C)C. The highest BCUT2D eigenvalue weighted by molar-refractivity contribution is 6.31. The van der Waals surface area contributed by atoms with Gasteiger partial charge in [0.15, 0.2) is 0 Å². The molecule has 0 aliphatic carbocycles. The van der Waals surface area contributed by atoms with E-state index in [4.69, 9.17) is 21.1 Å². The van der Waals surface area contributed by atoms with E-state index in [0.29, 0.717) is 35.5 Å². The Morgan fingerprint density at radius 1 is 1.38 bits per heavy atom. The van der Waals surface area contributed by atoms with E-state index in [2.05, 4.69) is 24.5 Å². The number of methoxy groups -OCH3 is 1. The van der Waals surface area contributed by atoms with Crippen molar-refractivity contribution in [2.24, 2.45) is 5.92 Å². The Hall–Kier alpha value is -1.46. The zero-order valence-electron chi connectivity index (χ0n) is 12.7. The van der Waals surface area contributed by atoms with Crippen LogP contribution in [0.5, 0.6) is 5.75 Å². The van der Waals surface area contributed by atoms with Crippen molar-refractivity contribution < 1.29 is 14.3 Å². The van der Waals surface area contributed by atoms with Crippen LogP contribution >= 0.6 is 11.6 Å². The molecule has 0 atom stereocenters. The Bertz CT molecular complexity index is 453. The van der Waals surface area contributed by atoms with Gasteiger partial charge in [-0.15, -0.1) is 0 Å². The van der Waals surface area contributed by atoms with Gasteiger partial charge >= 0.3 is 6.03 Å². The van der Waals surface area contributed by atoms with Gasteiger partial charge in [-0.25, -0.2) is 4.79 Å². The highest BCUT2D eigenvalue weighted by Crippen LogP contribution is 2.27. The summed E-state index contributed by atoms with van der Waals surface area (Å²) in [5.41, 5.74) is 0.540. The summed E-state index contributed by atoms with van der Waals surface area (Å²) in [5, 5.41) is 6.01. The molecule has 1 rings (SSSR count). The summed E-state index contributed by atoms with van der Waals surface area (Å²) < 4.78 is 10.6. The van der Waals surface area contributed by atoms with Crippen LogP contribution in [-0.4, -0.2) is 32.9 Å². The number of urea groups is 1. The average molecular weight is 315 g/mol. The number of hydrogen-bond acceptors (Lipinski definition) is 3. The Kier molecular flexibility index (Phi) is 7.93. The van der Waals surface area contributed by atoms with Crippen LogP contribution in [0.15, 0.2) is 18.2 Å². The first-order valence-electron chi connectivity index (χ1n) is 6.99. The van der Waals surface area contributed by atoms with E-state index >= 15 is 0 Å². The minimum absolute atomic E-state index is 0.292. The molecular weight excluding hydrogens is 292 g/mol. The molecule has 0 bridgehead atoms. The zero-order valence-corrected chi connectivity index (χ0v) is 13.5. The van der Waals surface area contributed by atoms with E-state index < -0.39 is 0 Å². The first-order valence-corrected chi connectivity index (χ1v) is 7.37. The molecule has 2 N–H and O–H groups in total. The van der Waals surface area contributed by atoms with Gasteiger partial charge in [0.05, 0.1) is 12.8 Å². The largest absolute Gasteiger partial charge is 0.495 e. The van der Waals surface area contributed by atoms with E-state index in [1.807, 2.05) is 0 Å². The van der Waals surface area contributed by atoms with Crippen molar-refractivity contribution in [3.05, 3.63) is 23.2 Å². The third-order valence-corrected chi connectivity index (χ3v) is 2.85. The normalized spacial score (nSPS) is 10.5. The lowest BCUT2D eigenvalue weighted by atomic mass is 10.2. The Morgan fingerprint density at radius 2 is 2.14 bits per heavy atom. The highest BCUT2D eigenvalue weighted by Gasteiger charge is 2.07. The lowest BCUT2D eigenvalue weighted by molar-refractivity contribution is 0.108. The Balaban J connectivity index is 2.29. The fourth-order valence-electron chi connectivity index (χ4n) is 1.64. The van der Waals surface area contributed by atoms with Crippen molar-refractivity contribution in [1.29, 1.82) is 0 Å². The number of carbonyl (C=O) groups excluding carboxylic acids is 1. The van der Waals surface area contributed by atoms with Gasteiger partial charge in [-0.2, -0.15) is 0 Å². The first-order chi connectivity index (χ1) is 10.0. The lowest BCUT2D eigenvalue weighted by Gasteiger charge is -2.12. The number of ether oxygens (including phenoxy) is 2. The van der Waals surface area contributed by atoms with E-state index in [1.165, 1.54) is 0 Å². The molecule has 0 saturated heterocycles. The van der Waals surface area contributed by atoms with Crippen LogP contribution in [0.1, 0.15) is 20.3 Å². The minimum atomic E-state index is -0.292. The number of hydrogen-bond donors (Lipinski definition) is 2. The molecule has 0 aromatic heterocycles. The number of benzene rings is 1. The molecule has 0 aliphatic rings. The van der Waals surface area contributed by atoms with Crippen molar-refractivity contribution in [2.75, 3.05) is 32.2 Å². The molecule has 5 nitrogen and oxygen atoms in total. The van der Waals surface area contributed by atoms with Crippen LogP contribution in [0.2, 0.25) is 5.02 Å². The van der Waals surface area contributed by atoms with Gasteiger partial charge in [0.25, 0.3) is 0 Å². The van der Waals surface area contributed by atoms with Crippen molar-refractivity contribution in [3.8, 4) is 5.75 Å². The van der Waals surface area contributed by atoms with Gasteiger partial charge in [-0.3, -0.25) is 0 Å². The monoisotopic (exact) mass is 314 g/mol. The molecular formula is C15H23ClN2O3. The minimum Gasteiger partial charge on any atom is -0.495 e. The molecule has 0 fully saturated rings. The number of rotatable bonds is 8. The van der Waals surface area contributed by atoms with Crippen molar-refractivity contribution in [3.63, 3.8) is 0 Å². The lowest BCUT2D eigenvalue weighted by Crippen LogP contribution is -2.30. The summed E-state index contributed by atoms with van der Waals surface area (Å²) in [6, 6.07) is 4.76. The zero-order chi connectivity index (χ0) is 15.7. The average Bonchev–Trinajstić information content (AvgIpc) is 2.42. The molecule has 0 spiro atoms. The van der Waals surface area contributed by atoms with Gasteiger partial charge in [-0.05, 0) is 30.5 Å². The van der Waals surface area contributed by atoms with Crippen LogP contribution in [0.3, 0.4) is 0 Å². The quantitative estimate of drug-likeness (QED) is 0.722. The number of halogens is 1. The highest BCUT2D eigenvalue weighted by atomic mass is 35.5. The third-order valence-electron chi connectivity index (χ3n) is 2.61. The van der Waals surface area contributed by atoms with Crippen LogP contribution in [0.25, 0.3) is 0 Å². The molecule has 6 heteroatoms. The molecule has 1 aromatic carbocycles. The van der Waals surface area contributed by atoms with Crippen LogP contribution < -0.4 is 15.4 Å². The molecule has 0 heterocycles. The predicted molar refractivity (Wildman–Crippen MR) is 85.3 cm³/mol. The van der Waals surface area contributed by atoms with Crippen LogP contribution in [0, 0.1) is 5.92 Å². The summed E-state index contributed by atoms with van der Waals surface area (Å²) in [6.07, 6.45) is 0.771. The van der Waals surface area contributed by atoms with Gasteiger partial charge in [0, 0.05) is 24.8 Å². The number of anilines is 1. The molecule has 118 valence electrons. The fraction of sp³-hybridized carbons (Fsp3) is 0.533. The van der Waals surface area contributed by atoms with Gasteiger partial charge < -0.3 is 20.1 Å². The summed E-state index contributed by atoms with van der Waals surface area (Å²) >= 11 is 5.90. The molecule has 0 radical (unpaired) electrons. The Labute approximate surface area is 131 Å². The number of nitrogens with one attached hydrogen (secondary N) is 2. The third kappa shape index (κ3) is 7.20. The van der Waals surface area contributed by atoms with Crippen molar-refractivity contribution in [1.82, 2.24) is 5.32 Å². The maximum absolute atomic E-state index is 11.8. The molecule has 0 aliphatic heterocycles. The topological polar surface area (TPSA) is 59.6 Å². The number of carbonyl (C=O) groups is 1.